The number of nitrogens with zero attached hydrogens (tertiary/aromatic N) is 2. The van der Waals surface area contributed by atoms with Gasteiger partial charge in [0.15, 0.2) is 5.82 Å². The Balaban J connectivity index is 2.53. The summed E-state index contributed by atoms with van der Waals surface area (Å²) >= 11 is 0. The maximum absolute atomic E-state index is 3.94. The molecule has 0 saturated carbocycles. The van der Waals surface area contributed by atoms with E-state index in [1.807, 2.05) is 0 Å². The molecule has 0 aliphatic carbocycles. The van der Waals surface area contributed by atoms with Crippen LogP contribution in [0.3, 0.4) is 0 Å². The van der Waals surface area contributed by atoms with Crippen LogP contribution in [0.2, 0.25) is 0 Å². The van der Waals surface area contributed by atoms with Crippen molar-refractivity contribution in [2.45, 2.75) is 0 Å². The van der Waals surface area contributed by atoms with Crippen molar-refractivity contribution in [2.75, 3.05) is 5.43 Å². The van der Waals surface area contributed by atoms with E-state index in [0.717, 1.165) is 11.5 Å². The van der Waals surface area contributed by atoms with Crippen molar-refractivity contribution < 1.29 is 0 Å². The summed E-state index contributed by atoms with van der Waals surface area (Å²) in [5, 5.41) is 3.73. The van der Waals surface area contributed by atoms with E-state index in [1.165, 1.54) is 0 Å². The first-order valence-corrected chi connectivity index (χ1v) is 2.54. The zero-order valence-electron chi connectivity index (χ0n) is 4.55. The van der Waals surface area contributed by atoms with Crippen LogP contribution in [0, 0.1) is 0 Å². The number of imidazole rings is 1. The van der Waals surface area contributed by atoms with Gasteiger partial charge >= 0.3 is 0 Å². The van der Waals surface area contributed by atoms with Gasteiger partial charge in [-0.2, -0.15) is 5.10 Å². The second-order valence-corrected chi connectivity index (χ2v) is 1.66. The van der Waals surface area contributed by atoms with E-state index in [-0.39, 0.29) is 0 Å². The number of aromatic nitrogens is 2. The molecular formula is C4H5N5. The molecule has 1 aromatic heterocycles. The van der Waals surface area contributed by atoms with Crippen molar-refractivity contribution in [3.63, 3.8) is 0 Å². The number of fused-ring (bicyclic) bond motifs is 1. The average Bonchev–Trinajstić information content (AvgIpc) is 2.33. The number of hydrogen-bond donors (Lipinski definition) is 3. The summed E-state index contributed by atoms with van der Waals surface area (Å²) in [5.41, 5.74) is 6.21. The minimum absolute atomic E-state index is 0.782. The fraction of sp³-hybridized carbons (Fsp3) is 0. The lowest BCUT2D eigenvalue weighted by molar-refractivity contribution is 0.863. The van der Waals surface area contributed by atoms with E-state index >= 15 is 0 Å². The van der Waals surface area contributed by atoms with Gasteiger partial charge in [0.25, 0.3) is 0 Å². The third-order valence-corrected chi connectivity index (χ3v) is 1.10. The van der Waals surface area contributed by atoms with Gasteiger partial charge in [-0.15, -0.1) is 0 Å². The van der Waals surface area contributed by atoms with Crippen molar-refractivity contribution in [3.05, 3.63) is 12.0 Å². The third kappa shape index (κ3) is 0.543. The number of H-pyrrole nitrogens is 1. The lowest BCUT2D eigenvalue weighted by atomic mass is 10.5. The molecule has 1 aliphatic rings. The van der Waals surface area contributed by atoms with Crippen molar-refractivity contribution in [1.82, 2.24) is 15.5 Å². The number of anilines is 1. The van der Waals surface area contributed by atoms with Crippen molar-refractivity contribution in [2.24, 2.45) is 5.10 Å². The minimum atomic E-state index is 0.782. The highest BCUT2D eigenvalue weighted by Gasteiger charge is 2.03. The standard InChI is InChI=1S/C4H5N5/c1-3-4(6-2-5-3)8-9-7-1/h1-2,8-9H,(H,5,6). The van der Waals surface area contributed by atoms with E-state index in [9.17, 15) is 0 Å². The Bertz CT molecular complexity index is 237. The van der Waals surface area contributed by atoms with Crippen LogP contribution in [0.5, 0.6) is 0 Å². The molecule has 1 aromatic rings. The molecule has 1 aliphatic heterocycles. The molecule has 9 heavy (non-hydrogen) atoms. The number of hydrazone groups is 1. The molecular weight excluding hydrogens is 118 g/mol. The maximum atomic E-state index is 3.94. The quantitative estimate of drug-likeness (QED) is 0.442. The summed E-state index contributed by atoms with van der Waals surface area (Å²) in [6.45, 7) is 0. The molecule has 0 saturated heterocycles. The predicted molar refractivity (Wildman–Crippen MR) is 32.9 cm³/mol. The normalized spacial score (nSPS) is 13.8. The molecule has 0 atom stereocenters. The first-order valence-electron chi connectivity index (χ1n) is 2.54. The summed E-state index contributed by atoms with van der Waals surface area (Å²) < 4.78 is 0. The van der Waals surface area contributed by atoms with Crippen LogP contribution in [0.25, 0.3) is 0 Å². The molecule has 2 rings (SSSR count). The molecule has 5 heteroatoms. The van der Waals surface area contributed by atoms with E-state index < -0.39 is 0 Å². The van der Waals surface area contributed by atoms with E-state index in [1.54, 1.807) is 12.5 Å². The zero-order valence-corrected chi connectivity index (χ0v) is 4.55. The Hall–Kier alpha value is -1.52. The molecule has 0 fully saturated rings. The number of hydrazine groups is 1. The summed E-state index contributed by atoms with van der Waals surface area (Å²) in [4.78, 5) is 6.83. The lowest BCUT2D eigenvalue weighted by Crippen LogP contribution is -2.20. The second kappa shape index (κ2) is 1.48. The van der Waals surface area contributed by atoms with Crippen molar-refractivity contribution >= 4 is 12.0 Å². The van der Waals surface area contributed by atoms with E-state index in [4.69, 9.17) is 0 Å². The highest BCUT2D eigenvalue weighted by atomic mass is 15.6. The fourth-order valence-electron chi connectivity index (χ4n) is 0.684. The van der Waals surface area contributed by atoms with Crippen LogP contribution < -0.4 is 11.0 Å². The zero-order chi connectivity index (χ0) is 6.10. The van der Waals surface area contributed by atoms with Crippen LogP contribution >= 0.6 is 0 Å². The summed E-state index contributed by atoms with van der Waals surface area (Å²) in [5.74, 6) is 0.782. The van der Waals surface area contributed by atoms with Gasteiger partial charge in [-0.05, 0) is 0 Å². The smallest absolute Gasteiger partial charge is 0.172 e. The van der Waals surface area contributed by atoms with Crippen molar-refractivity contribution in [3.8, 4) is 0 Å². The first-order chi connectivity index (χ1) is 4.47. The molecule has 0 spiro atoms. The van der Waals surface area contributed by atoms with Crippen LogP contribution in [0.15, 0.2) is 11.4 Å². The van der Waals surface area contributed by atoms with Gasteiger partial charge in [0.1, 0.15) is 5.69 Å². The van der Waals surface area contributed by atoms with Gasteiger partial charge in [-0.3, -0.25) is 5.43 Å². The number of hydrogen-bond acceptors (Lipinski definition) is 4. The van der Waals surface area contributed by atoms with E-state index in [0.29, 0.717) is 0 Å². The molecule has 0 bridgehead atoms. The number of nitrogens with one attached hydrogen (secondary N) is 3. The highest BCUT2D eigenvalue weighted by Crippen LogP contribution is 2.06. The topological polar surface area (TPSA) is 65.1 Å². The molecule has 5 nitrogen and oxygen atoms in total. The lowest BCUT2D eigenvalue weighted by Gasteiger charge is -2.05. The first kappa shape index (κ1) is 4.37. The average molecular weight is 123 g/mol. The van der Waals surface area contributed by atoms with Crippen molar-refractivity contribution in [1.29, 1.82) is 0 Å². The van der Waals surface area contributed by atoms with Crippen LogP contribution in [0.1, 0.15) is 5.69 Å². The Kier molecular flexibility index (Phi) is 0.717. The molecule has 0 radical (unpaired) electrons. The third-order valence-electron chi connectivity index (χ3n) is 1.10. The molecule has 0 amide bonds. The molecule has 3 N–H and O–H groups in total. The Morgan fingerprint density at radius 2 is 2.44 bits per heavy atom. The SMILES string of the molecule is C1=NNNc2nc[nH]c21. The van der Waals surface area contributed by atoms with Crippen LogP contribution in [-0.2, 0) is 0 Å². The molecule has 46 valence electrons. The summed E-state index contributed by atoms with van der Waals surface area (Å²) in [7, 11) is 0. The van der Waals surface area contributed by atoms with Gasteiger partial charge in [0, 0.05) is 0 Å². The largest absolute Gasteiger partial charge is 0.342 e. The number of rotatable bonds is 0. The van der Waals surface area contributed by atoms with Crippen LogP contribution in [0.4, 0.5) is 5.82 Å². The Morgan fingerprint density at radius 1 is 1.44 bits per heavy atom. The van der Waals surface area contributed by atoms with Crippen LogP contribution in [-0.4, -0.2) is 16.2 Å². The summed E-state index contributed by atoms with van der Waals surface area (Å²) in [6, 6.07) is 0. The monoisotopic (exact) mass is 123 g/mol. The van der Waals surface area contributed by atoms with Gasteiger partial charge in [0.2, 0.25) is 0 Å². The van der Waals surface area contributed by atoms with Gasteiger partial charge in [-0.1, -0.05) is 0 Å². The fourth-order valence-corrected chi connectivity index (χ4v) is 0.684. The predicted octanol–water partition coefficient (Wildman–Crippen LogP) is -0.326. The number of aromatic amines is 1. The highest BCUT2D eigenvalue weighted by molar-refractivity contribution is 5.84. The molecule has 0 unspecified atom stereocenters. The molecule has 2 heterocycles. The van der Waals surface area contributed by atoms with E-state index in [2.05, 4.69) is 26.0 Å². The van der Waals surface area contributed by atoms with Gasteiger partial charge < -0.3 is 4.98 Å². The van der Waals surface area contributed by atoms with Gasteiger partial charge in [-0.25, -0.2) is 10.5 Å². The molecule has 0 aromatic carbocycles. The second-order valence-electron chi connectivity index (χ2n) is 1.66. The minimum Gasteiger partial charge on any atom is -0.342 e. The summed E-state index contributed by atoms with van der Waals surface area (Å²) in [6.07, 6.45) is 3.27. The Labute approximate surface area is 51.2 Å². The maximum Gasteiger partial charge on any atom is 0.172 e. The van der Waals surface area contributed by atoms with Gasteiger partial charge in [0.05, 0.1) is 12.5 Å². The Morgan fingerprint density at radius 3 is 3.33 bits per heavy atom.